The van der Waals surface area contributed by atoms with Gasteiger partial charge in [0.1, 0.15) is 0 Å². The van der Waals surface area contributed by atoms with Gasteiger partial charge in [0.25, 0.3) is 0 Å². The van der Waals surface area contributed by atoms with E-state index in [1.807, 2.05) is 47.3 Å². The topological polar surface area (TPSA) is 55.1 Å². The van der Waals surface area contributed by atoms with Crippen LogP contribution in [0.3, 0.4) is 0 Å². The molecule has 1 heterocycles. The van der Waals surface area contributed by atoms with Crippen LogP contribution in [0.15, 0.2) is 59.8 Å². The van der Waals surface area contributed by atoms with Crippen LogP contribution in [0.2, 0.25) is 0 Å². The number of carbonyl (C=O) groups excluding carboxylic acids is 1. The number of carbonyl (C=O) groups is 1. The normalized spacial score (nSPS) is 39.1. The van der Waals surface area contributed by atoms with Crippen molar-refractivity contribution in [3.05, 3.63) is 65.5 Å². The van der Waals surface area contributed by atoms with E-state index in [-0.39, 0.29) is 16.9 Å². The lowest BCUT2D eigenvalue weighted by Gasteiger charge is -2.56. The molecule has 4 aliphatic carbocycles. The highest BCUT2D eigenvalue weighted by Gasteiger charge is 2.59. The van der Waals surface area contributed by atoms with Gasteiger partial charge in [-0.3, -0.25) is 4.79 Å². The first-order valence-corrected chi connectivity index (χ1v) is 12.6. The Morgan fingerprint density at radius 3 is 2.64 bits per heavy atom. The van der Waals surface area contributed by atoms with Crippen LogP contribution in [-0.4, -0.2) is 26.8 Å². The lowest BCUT2D eigenvalue weighted by molar-refractivity contribution is -0.130. The Kier molecular flexibility index (Phi) is 4.81. The summed E-state index contributed by atoms with van der Waals surface area (Å²) in [5.41, 5.74) is 4.40. The summed E-state index contributed by atoms with van der Waals surface area (Å²) in [6, 6.07) is 12.1. The number of aromatic nitrogens is 2. The third-order valence-corrected chi connectivity index (χ3v) is 9.71. The Hall–Kier alpha value is -2.46. The van der Waals surface area contributed by atoms with Gasteiger partial charge in [-0.15, -0.1) is 0 Å². The lowest BCUT2D eigenvalue weighted by atomic mass is 9.48. The molecule has 0 bridgehead atoms. The van der Waals surface area contributed by atoms with Gasteiger partial charge >= 0.3 is 0 Å². The van der Waals surface area contributed by atoms with Crippen LogP contribution in [-0.2, 0) is 4.79 Å². The molecule has 0 saturated heterocycles. The molecule has 33 heavy (non-hydrogen) atoms. The van der Waals surface area contributed by atoms with Crippen LogP contribution in [0.4, 0.5) is 0 Å². The van der Waals surface area contributed by atoms with E-state index in [2.05, 4.69) is 31.1 Å². The molecule has 0 radical (unpaired) electrons. The number of aliphatic hydroxyl groups excluding tert-OH is 1. The van der Waals surface area contributed by atoms with Gasteiger partial charge in [0.2, 0.25) is 0 Å². The van der Waals surface area contributed by atoms with Gasteiger partial charge in [0, 0.05) is 5.41 Å². The number of ketones is 1. The van der Waals surface area contributed by atoms with Crippen molar-refractivity contribution in [2.75, 3.05) is 0 Å². The fourth-order valence-electron chi connectivity index (χ4n) is 7.83. The molecule has 0 aliphatic heterocycles. The monoisotopic (exact) mass is 442 g/mol. The average Bonchev–Trinajstić information content (AvgIpc) is 3.38. The highest BCUT2D eigenvalue weighted by molar-refractivity contribution is 6.05. The van der Waals surface area contributed by atoms with E-state index in [9.17, 15) is 9.90 Å². The Morgan fingerprint density at radius 2 is 1.82 bits per heavy atom. The minimum atomic E-state index is -0.250. The molecule has 0 spiro atoms. The van der Waals surface area contributed by atoms with E-state index < -0.39 is 0 Å². The Labute approximate surface area is 196 Å². The van der Waals surface area contributed by atoms with Gasteiger partial charge < -0.3 is 5.11 Å². The maximum atomic E-state index is 13.8. The molecule has 6 atom stereocenters. The van der Waals surface area contributed by atoms with Crippen molar-refractivity contribution < 1.29 is 9.90 Å². The Balaban J connectivity index is 1.33. The number of hydrogen-bond donors (Lipinski definition) is 1. The molecule has 4 aliphatic rings. The summed E-state index contributed by atoms with van der Waals surface area (Å²) in [6.07, 6.45) is 13.1. The predicted octanol–water partition coefficient (Wildman–Crippen LogP) is 5.76. The highest BCUT2D eigenvalue weighted by Crippen LogP contribution is 2.64. The molecule has 172 valence electrons. The second-order valence-electron chi connectivity index (χ2n) is 11.3. The van der Waals surface area contributed by atoms with Crippen LogP contribution < -0.4 is 0 Å². The number of para-hydroxylation sites is 1. The lowest BCUT2D eigenvalue weighted by Crippen LogP contribution is -2.50. The van der Waals surface area contributed by atoms with Crippen LogP contribution in [0.1, 0.15) is 64.5 Å². The third kappa shape index (κ3) is 3.13. The number of hydrogen-bond acceptors (Lipinski definition) is 3. The van der Waals surface area contributed by atoms with Crippen molar-refractivity contribution in [2.45, 2.75) is 64.9 Å². The first-order valence-electron chi connectivity index (χ1n) is 12.6. The summed E-state index contributed by atoms with van der Waals surface area (Å²) in [7, 11) is 0. The molecule has 6 rings (SSSR count). The molecular weight excluding hydrogens is 408 g/mol. The summed E-state index contributed by atoms with van der Waals surface area (Å²) in [5, 5.41) is 14.8. The Bertz CT molecular complexity index is 1150. The molecular formula is C29H34N2O2. The fraction of sp³-hybridized carbons (Fsp3) is 0.517. The standard InChI is InChI=1S/C29H34N2O2/c1-28-13-10-23(32)18-20(28)8-9-24-25(28)11-14-29(2)26(24)17-19(27(29)33)16-22-12-15-30-31(22)21-6-4-3-5-7-21/h3-8,12,15-16,23-26,32H,9-11,13-14,17-18H2,1-2H3/b19-16+. The smallest absolute Gasteiger partial charge is 0.165 e. The molecule has 4 nitrogen and oxygen atoms in total. The number of allylic oxidation sites excluding steroid dienone is 2. The van der Waals surface area contributed by atoms with E-state index in [4.69, 9.17) is 0 Å². The van der Waals surface area contributed by atoms with E-state index in [0.717, 1.165) is 61.9 Å². The minimum absolute atomic E-state index is 0.174. The first kappa shape index (κ1) is 21.1. The van der Waals surface area contributed by atoms with E-state index in [0.29, 0.717) is 23.5 Å². The van der Waals surface area contributed by atoms with E-state index in [1.54, 1.807) is 0 Å². The maximum Gasteiger partial charge on any atom is 0.165 e. The molecule has 3 fully saturated rings. The largest absolute Gasteiger partial charge is 0.393 e. The second-order valence-corrected chi connectivity index (χ2v) is 11.3. The number of benzene rings is 1. The van der Waals surface area contributed by atoms with Crippen molar-refractivity contribution in [1.29, 1.82) is 0 Å². The zero-order valence-corrected chi connectivity index (χ0v) is 19.7. The van der Waals surface area contributed by atoms with Gasteiger partial charge in [-0.1, -0.05) is 43.7 Å². The highest BCUT2D eigenvalue weighted by atomic mass is 16.3. The summed E-state index contributed by atoms with van der Waals surface area (Å²) >= 11 is 0. The van der Waals surface area contributed by atoms with E-state index >= 15 is 0 Å². The predicted molar refractivity (Wildman–Crippen MR) is 130 cm³/mol. The molecule has 0 amide bonds. The quantitative estimate of drug-likeness (QED) is 0.475. The summed E-state index contributed by atoms with van der Waals surface area (Å²) < 4.78 is 1.93. The second kappa shape index (κ2) is 7.53. The molecule has 3 saturated carbocycles. The van der Waals surface area contributed by atoms with Crippen molar-refractivity contribution in [3.8, 4) is 5.69 Å². The molecule has 1 aromatic carbocycles. The Morgan fingerprint density at radius 1 is 1.03 bits per heavy atom. The number of Topliss-reactive ketones (excluding diaryl/α,β-unsaturated/α-hetero) is 1. The summed E-state index contributed by atoms with van der Waals surface area (Å²) in [4.78, 5) is 13.8. The number of rotatable bonds is 2. The van der Waals surface area contributed by atoms with Crippen molar-refractivity contribution in [3.63, 3.8) is 0 Å². The first-order chi connectivity index (χ1) is 15.9. The van der Waals surface area contributed by atoms with Crippen molar-refractivity contribution in [1.82, 2.24) is 9.78 Å². The average molecular weight is 443 g/mol. The van der Waals surface area contributed by atoms with Crippen molar-refractivity contribution in [2.24, 2.45) is 28.6 Å². The molecule has 1 N–H and O–H groups in total. The molecule has 2 aromatic rings. The van der Waals surface area contributed by atoms with Crippen molar-refractivity contribution >= 4 is 11.9 Å². The number of nitrogens with zero attached hydrogens (tertiary/aromatic N) is 2. The SMILES string of the molecule is CC12CCC3C(CC=C4CC(O)CCC43C)C1C/C(=C\c1ccnn1-c1ccccc1)C2=O. The van der Waals surface area contributed by atoms with Crippen LogP contribution in [0, 0.1) is 28.6 Å². The summed E-state index contributed by atoms with van der Waals surface area (Å²) in [6.45, 7) is 4.67. The zero-order chi connectivity index (χ0) is 22.8. The fourth-order valence-corrected chi connectivity index (χ4v) is 7.83. The van der Waals surface area contributed by atoms with Gasteiger partial charge in [-0.2, -0.15) is 5.10 Å². The minimum Gasteiger partial charge on any atom is -0.393 e. The van der Waals surface area contributed by atoms with Gasteiger partial charge in [0.05, 0.1) is 23.7 Å². The summed E-state index contributed by atoms with van der Waals surface area (Å²) in [5.74, 6) is 1.95. The zero-order valence-electron chi connectivity index (χ0n) is 19.7. The van der Waals surface area contributed by atoms with Gasteiger partial charge in [-0.25, -0.2) is 4.68 Å². The number of fused-ring (bicyclic) bond motifs is 5. The third-order valence-electron chi connectivity index (χ3n) is 9.71. The van der Waals surface area contributed by atoms with Gasteiger partial charge in [0.15, 0.2) is 5.78 Å². The van der Waals surface area contributed by atoms with Crippen LogP contribution in [0.5, 0.6) is 0 Å². The molecule has 6 unspecified atom stereocenters. The molecule has 1 aromatic heterocycles. The maximum absolute atomic E-state index is 13.8. The number of aliphatic hydroxyl groups is 1. The molecule has 4 heteroatoms. The van der Waals surface area contributed by atoms with Crippen LogP contribution in [0.25, 0.3) is 11.8 Å². The van der Waals surface area contributed by atoms with E-state index in [1.165, 1.54) is 5.57 Å². The van der Waals surface area contributed by atoms with Crippen LogP contribution >= 0.6 is 0 Å². The van der Waals surface area contributed by atoms with Gasteiger partial charge in [-0.05, 0) is 98.0 Å².